The smallest absolute Gasteiger partial charge is 0.333 e. The van der Waals surface area contributed by atoms with Crippen molar-refractivity contribution in [3.05, 3.63) is 0 Å². The SMILES string of the molecule is C[C@H]1CCC[C@]2(C)C(=O)C(C(O)C(=O)O)CC[C@]12C. The molecule has 0 aliphatic heterocycles. The number of carboxylic acids is 1. The molecule has 2 aliphatic rings. The van der Waals surface area contributed by atoms with Crippen LogP contribution in [0.2, 0.25) is 0 Å². The van der Waals surface area contributed by atoms with Crippen LogP contribution in [0.1, 0.15) is 52.9 Å². The second-order valence-electron chi connectivity index (χ2n) is 6.84. The summed E-state index contributed by atoms with van der Waals surface area (Å²) in [4.78, 5) is 23.7. The summed E-state index contributed by atoms with van der Waals surface area (Å²) in [6, 6.07) is 0. The molecular formula is C15H24O4. The number of carbonyl (C=O) groups is 2. The molecule has 0 radical (unpaired) electrons. The fraction of sp³-hybridized carbons (Fsp3) is 0.867. The fourth-order valence-electron chi connectivity index (χ4n) is 4.31. The van der Waals surface area contributed by atoms with Gasteiger partial charge in [0.15, 0.2) is 6.10 Å². The van der Waals surface area contributed by atoms with E-state index in [-0.39, 0.29) is 11.2 Å². The maximum absolute atomic E-state index is 12.8. The predicted octanol–water partition coefficient (Wildman–Crippen LogP) is 2.24. The lowest BCUT2D eigenvalue weighted by atomic mass is 9.46. The third-order valence-electron chi connectivity index (χ3n) is 6.15. The van der Waals surface area contributed by atoms with E-state index in [1.165, 1.54) is 0 Å². The van der Waals surface area contributed by atoms with Crippen LogP contribution >= 0.6 is 0 Å². The molecule has 108 valence electrons. The van der Waals surface area contributed by atoms with Gasteiger partial charge in [0.05, 0.1) is 5.92 Å². The van der Waals surface area contributed by atoms with Crippen LogP contribution in [0.5, 0.6) is 0 Å². The molecule has 4 nitrogen and oxygen atoms in total. The van der Waals surface area contributed by atoms with E-state index in [9.17, 15) is 14.7 Å². The average molecular weight is 268 g/mol. The van der Waals surface area contributed by atoms with Crippen molar-refractivity contribution in [2.75, 3.05) is 0 Å². The minimum absolute atomic E-state index is 0.0392. The van der Waals surface area contributed by atoms with Crippen molar-refractivity contribution in [3.8, 4) is 0 Å². The zero-order valence-corrected chi connectivity index (χ0v) is 12.0. The van der Waals surface area contributed by atoms with Gasteiger partial charge in [-0.05, 0) is 30.6 Å². The number of carboxylic acid groups (broad SMARTS) is 1. The third kappa shape index (κ3) is 1.92. The summed E-state index contributed by atoms with van der Waals surface area (Å²) in [5.74, 6) is -1.59. The van der Waals surface area contributed by atoms with Gasteiger partial charge in [0.1, 0.15) is 5.78 Å². The van der Waals surface area contributed by atoms with Gasteiger partial charge < -0.3 is 10.2 Å². The van der Waals surface area contributed by atoms with Gasteiger partial charge in [-0.2, -0.15) is 0 Å². The zero-order valence-electron chi connectivity index (χ0n) is 12.0. The van der Waals surface area contributed by atoms with Crippen molar-refractivity contribution in [2.24, 2.45) is 22.7 Å². The van der Waals surface area contributed by atoms with E-state index in [0.717, 1.165) is 25.7 Å². The Hall–Kier alpha value is -0.900. The lowest BCUT2D eigenvalue weighted by Crippen LogP contribution is -2.58. The van der Waals surface area contributed by atoms with Crippen molar-refractivity contribution in [3.63, 3.8) is 0 Å². The zero-order chi connectivity index (χ0) is 14.4. The van der Waals surface area contributed by atoms with E-state index in [1.54, 1.807) is 0 Å². The number of aliphatic hydroxyl groups is 1. The first kappa shape index (κ1) is 14.5. The first-order chi connectivity index (χ1) is 8.74. The van der Waals surface area contributed by atoms with Crippen LogP contribution in [0.25, 0.3) is 0 Å². The normalized spacial score (nSPS) is 44.5. The van der Waals surface area contributed by atoms with E-state index in [0.29, 0.717) is 12.3 Å². The number of aliphatic hydroxyl groups excluding tert-OH is 1. The molecule has 0 heterocycles. The number of rotatable bonds is 2. The highest BCUT2D eigenvalue weighted by molar-refractivity contribution is 5.92. The largest absolute Gasteiger partial charge is 0.479 e. The van der Waals surface area contributed by atoms with Crippen LogP contribution in [0.3, 0.4) is 0 Å². The number of aliphatic carboxylic acids is 1. The Labute approximate surface area is 114 Å². The van der Waals surface area contributed by atoms with E-state index < -0.39 is 23.4 Å². The maximum atomic E-state index is 12.8. The number of hydrogen-bond donors (Lipinski definition) is 2. The minimum Gasteiger partial charge on any atom is -0.479 e. The molecule has 0 aromatic carbocycles. The van der Waals surface area contributed by atoms with Gasteiger partial charge in [-0.1, -0.05) is 33.6 Å². The second-order valence-corrected chi connectivity index (χ2v) is 6.84. The van der Waals surface area contributed by atoms with E-state index in [2.05, 4.69) is 13.8 Å². The third-order valence-corrected chi connectivity index (χ3v) is 6.15. The van der Waals surface area contributed by atoms with Crippen molar-refractivity contribution in [2.45, 2.75) is 59.0 Å². The number of carbonyl (C=O) groups excluding carboxylic acids is 1. The average Bonchev–Trinajstić information content (AvgIpc) is 2.34. The summed E-state index contributed by atoms with van der Waals surface area (Å²) >= 11 is 0. The summed E-state index contributed by atoms with van der Waals surface area (Å²) in [5, 5.41) is 18.7. The lowest BCUT2D eigenvalue weighted by molar-refractivity contribution is -0.169. The molecule has 2 fully saturated rings. The Morgan fingerprint density at radius 2 is 1.95 bits per heavy atom. The van der Waals surface area contributed by atoms with Gasteiger partial charge in [-0.15, -0.1) is 0 Å². The van der Waals surface area contributed by atoms with Gasteiger partial charge in [0.2, 0.25) is 0 Å². The van der Waals surface area contributed by atoms with E-state index in [4.69, 9.17) is 5.11 Å². The molecule has 5 atom stereocenters. The fourth-order valence-corrected chi connectivity index (χ4v) is 4.31. The molecule has 0 aromatic rings. The molecule has 0 bridgehead atoms. The summed E-state index contributed by atoms with van der Waals surface area (Å²) in [5.41, 5.74) is -0.541. The number of fused-ring (bicyclic) bond motifs is 1. The van der Waals surface area contributed by atoms with Crippen LogP contribution in [0.15, 0.2) is 0 Å². The topological polar surface area (TPSA) is 74.6 Å². The summed E-state index contributed by atoms with van der Waals surface area (Å²) in [7, 11) is 0. The number of Topliss-reactive ketones (excluding diaryl/α,β-unsaturated/α-hetero) is 1. The van der Waals surface area contributed by atoms with E-state index in [1.807, 2.05) is 6.92 Å². The van der Waals surface area contributed by atoms with E-state index >= 15 is 0 Å². The Bertz CT molecular complexity index is 405. The van der Waals surface area contributed by atoms with Crippen molar-refractivity contribution >= 4 is 11.8 Å². The number of hydrogen-bond acceptors (Lipinski definition) is 3. The summed E-state index contributed by atoms with van der Waals surface area (Å²) in [6.45, 7) is 6.34. The molecule has 2 N–H and O–H groups in total. The number of ketones is 1. The molecule has 0 amide bonds. The first-order valence-electron chi connectivity index (χ1n) is 7.19. The molecule has 0 spiro atoms. The Kier molecular flexibility index (Phi) is 3.50. The highest BCUT2D eigenvalue weighted by atomic mass is 16.4. The minimum atomic E-state index is -1.55. The predicted molar refractivity (Wildman–Crippen MR) is 70.6 cm³/mol. The van der Waals surface area contributed by atoms with Gasteiger partial charge in [0.25, 0.3) is 0 Å². The highest BCUT2D eigenvalue weighted by Gasteiger charge is 2.59. The van der Waals surface area contributed by atoms with Gasteiger partial charge in [-0.25, -0.2) is 4.79 Å². The maximum Gasteiger partial charge on any atom is 0.333 e. The van der Waals surface area contributed by atoms with Crippen molar-refractivity contribution in [1.29, 1.82) is 0 Å². The second kappa shape index (κ2) is 4.58. The lowest BCUT2D eigenvalue weighted by Gasteiger charge is -2.57. The highest BCUT2D eigenvalue weighted by Crippen LogP contribution is 2.60. The first-order valence-corrected chi connectivity index (χ1v) is 7.19. The quantitative estimate of drug-likeness (QED) is 0.805. The Balaban J connectivity index is 2.33. The molecule has 2 rings (SSSR count). The van der Waals surface area contributed by atoms with Crippen LogP contribution in [0, 0.1) is 22.7 Å². The molecule has 2 saturated carbocycles. The van der Waals surface area contributed by atoms with Crippen molar-refractivity contribution in [1.82, 2.24) is 0 Å². The monoisotopic (exact) mass is 268 g/mol. The molecule has 0 saturated heterocycles. The van der Waals surface area contributed by atoms with Crippen LogP contribution in [0.4, 0.5) is 0 Å². The molecular weight excluding hydrogens is 244 g/mol. The molecule has 2 unspecified atom stereocenters. The van der Waals surface area contributed by atoms with Crippen LogP contribution in [-0.2, 0) is 9.59 Å². The molecule has 2 aliphatic carbocycles. The van der Waals surface area contributed by atoms with Crippen molar-refractivity contribution < 1.29 is 19.8 Å². The Morgan fingerprint density at radius 1 is 1.32 bits per heavy atom. The van der Waals surface area contributed by atoms with Crippen LogP contribution in [-0.4, -0.2) is 28.1 Å². The van der Waals surface area contributed by atoms with Gasteiger partial charge >= 0.3 is 5.97 Å². The molecule has 4 heteroatoms. The van der Waals surface area contributed by atoms with Gasteiger partial charge in [0, 0.05) is 5.41 Å². The Morgan fingerprint density at radius 3 is 2.53 bits per heavy atom. The van der Waals surface area contributed by atoms with Crippen LogP contribution < -0.4 is 0 Å². The molecule has 19 heavy (non-hydrogen) atoms. The van der Waals surface area contributed by atoms with Gasteiger partial charge in [-0.3, -0.25) is 4.79 Å². The molecule has 0 aromatic heterocycles. The summed E-state index contributed by atoms with van der Waals surface area (Å²) in [6.07, 6.45) is 2.72. The summed E-state index contributed by atoms with van der Waals surface area (Å²) < 4.78 is 0. The standard InChI is InChI=1S/C15H24O4/c1-9-5-4-7-15(3)12(17)10(11(16)13(18)19)6-8-14(9,15)2/h9-11,16H,4-8H2,1-3H3,(H,18,19)/t9-,10?,11?,14+,15+/m0/s1.